The van der Waals surface area contributed by atoms with E-state index in [0.29, 0.717) is 38.8 Å². The lowest BCUT2D eigenvalue weighted by atomic mass is 9.84. The zero-order chi connectivity index (χ0) is 22.3. The molecule has 1 aromatic carbocycles. The van der Waals surface area contributed by atoms with Crippen molar-refractivity contribution in [2.24, 2.45) is 16.1 Å². The van der Waals surface area contributed by atoms with Crippen LogP contribution in [0.5, 0.6) is 0 Å². The van der Waals surface area contributed by atoms with Crippen LogP contribution in [-0.4, -0.2) is 76.9 Å². The number of carboxylic acid groups (broad SMARTS) is 2. The van der Waals surface area contributed by atoms with Crippen LogP contribution in [0.2, 0.25) is 0 Å². The molecule has 31 heavy (non-hydrogen) atoms. The van der Waals surface area contributed by atoms with Crippen molar-refractivity contribution in [3.63, 3.8) is 0 Å². The molecule has 2 aliphatic rings. The number of nitrogens with two attached hydrogens (primary N) is 1. The number of likely N-dealkylation sites (tertiary alicyclic amines) is 1. The summed E-state index contributed by atoms with van der Waals surface area (Å²) >= 11 is 0. The molecule has 0 saturated carbocycles. The van der Waals surface area contributed by atoms with Crippen molar-refractivity contribution in [2.75, 3.05) is 26.2 Å². The monoisotopic (exact) mass is 432 g/mol. The Bertz CT molecular complexity index is 831. The number of benzene rings is 1. The quantitative estimate of drug-likeness (QED) is 0.284. The maximum atomic E-state index is 11.0. The minimum absolute atomic E-state index is 0.0107. The van der Waals surface area contributed by atoms with Crippen LogP contribution in [0.25, 0.3) is 0 Å². The maximum absolute atomic E-state index is 11.0. The lowest BCUT2D eigenvalue weighted by Gasteiger charge is -2.42. The van der Waals surface area contributed by atoms with E-state index in [1.807, 2.05) is 29.2 Å². The Morgan fingerprint density at radius 1 is 1.26 bits per heavy atom. The molecule has 2 heterocycles. The van der Waals surface area contributed by atoms with Gasteiger partial charge in [-0.05, 0) is 24.0 Å². The molecule has 168 valence electrons. The summed E-state index contributed by atoms with van der Waals surface area (Å²) in [5.41, 5.74) is 2.13. The Labute approximate surface area is 180 Å². The Hall–Kier alpha value is -2.98. The molecule has 1 unspecified atom stereocenters. The number of carboxylic acids is 2. The molecule has 10 heteroatoms. The van der Waals surface area contributed by atoms with Crippen LogP contribution >= 0.6 is 0 Å². The van der Waals surface area contributed by atoms with Crippen LogP contribution in [0.15, 0.2) is 34.5 Å². The van der Waals surface area contributed by atoms with E-state index in [9.17, 15) is 9.59 Å². The Kier molecular flexibility index (Phi) is 7.59. The average molecular weight is 432 g/mol. The molecule has 1 fully saturated rings. The first-order valence-corrected chi connectivity index (χ1v) is 10.3. The molecule has 0 spiro atoms. The first-order valence-electron chi connectivity index (χ1n) is 10.3. The minimum Gasteiger partial charge on any atom is -0.481 e. The molecule has 1 saturated heterocycles. The fourth-order valence-electron chi connectivity index (χ4n) is 4.04. The van der Waals surface area contributed by atoms with Gasteiger partial charge in [-0.1, -0.05) is 29.4 Å². The summed E-state index contributed by atoms with van der Waals surface area (Å²) in [4.78, 5) is 29.5. The number of nitrogens with zero attached hydrogens (tertiary/aromatic N) is 3. The summed E-state index contributed by atoms with van der Waals surface area (Å²) in [6, 6.07) is 7.67. The molecule has 3 rings (SSSR count). The standard InChI is InChI=1S/C21H28N4O6/c22-23-13-15-1-3-16(4-2-15)18-11-17(31-24-18)12-21(30-10-5-19(26)27)6-8-25(9-7-21)14-20(28)29/h1-4,13,17H,5-12,14,22H2,(H,26,27)(H,28,29). The molecule has 1 atom stereocenters. The molecule has 0 amide bonds. The van der Waals surface area contributed by atoms with E-state index in [1.54, 1.807) is 6.21 Å². The van der Waals surface area contributed by atoms with Crippen LogP contribution in [0.1, 0.15) is 43.2 Å². The van der Waals surface area contributed by atoms with E-state index >= 15 is 0 Å². The number of ether oxygens (including phenoxy) is 1. The summed E-state index contributed by atoms with van der Waals surface area (Å²) in [6.45, 7) is 1.25. The number of hydrogen-bond donors (Lipinski definition) is 3. The number of hydrogen-bond acceptors (Lipinski definition) is 8. The zero-order valence-electron chi connectivity index (χ0n) is 17.3. The van der Waals surface area contributed by atoms with Gasteiger partial charge < -0.3 is 25.6 Å². The summed E-state index contributed by atoms with van der Waals surface area (Å²) in [6.07, 6.45) is 3.72. The predicted molar refractivity (Wildman–Crippen MR) is 113 cm³/mol. The first-order chi connectivity index (χ1) is 14.9. The summed E-state index contributed by atoms with van der Waals surface area (Å²) in [7, 11) is 0. The van der Waals surface area contributed by atoms with Crippen LogP contribution < -0.4 is 5.84 Å². The van der Waals surface area contributed by atoms with Crippen molar-refractivity contribution in [3.8, 4) is 0 Å². The second-order valence-corrected chi connectivity index (χ2v) is 7.92. The molecule has 0 radical (unpaired) electrons. The van der Waals surface area contributed by atoms with Crippen LogP contribution in [-0.2, 0) is 19.2 Å². The van der Waals surface area contributed by atoms with Crippen molar-refractivity contribution in [3.05, 3.63) is 35.4 Å². The van der Waals surface area contributed by atoms with Gasteiger partial charge in [0.15, 0.2) is 0 Å². The fraction of sp³-hybridized carbons (Fsp3) is 0.524. The first kappa shape index (κ1) is 22.7. The molecule has 10 nitrogen and oxygen atoms in total. The summed E-state index contributed by atoms with van der Waals surface area (Å²) in [5, 5.41) is 25.7. The Morgan fingerprint density at radius 2 is 1.97 bits per heavy atom. The average Bonchev–Trinajstić information content (AvgIpc) is 3.18. The second kappa shape index (κ2) is 10.4. The highest BCUT2D eigenvalue weighted by Gasteiger charge is 2.40. The van der Waals surface area contributed by atoms with Crippen LogP contribution in [0, 0.1) is 0 Å². The molecule has 0 aromatic heterocycles. The number of oxime groups is 1. The summed E-state index contributed by atoms with van der Waals surface area (Å²) < 4.78 is 6.07. The van der Waals surface area contributed by atoms with E-state index in [1.165, 1.54) is 0 Å². The second-order valence-electron chi connectivity index (χ2n) is 7.92. The van der Waals surface area contributed by atoms with Gasteiger partial charge in [0.25, 0.3) is 0 Å². The topological polar surface area (TPSA) is 147 Å². The number of aliphatic carboxylic acids is 2. The van der Waals surface area contributed by atoms with E-state index < -0.39 is 17.5 Å². The molecule has 1 aromatic rings. The number of piperidine rings is 1. The van der Waals surface area contributed by atoms with Gasteiger partial charge in [-0.25, -0.2) is 0 Å². The Balaban J connectivity index is 1.61. The van der Waals surface area contributed by atoms with E-state index in [-0.39, 0.29) is 25.7 Å². The highest BCUT2D eigenvalue weighted by Crippen LogP contribution is 2.35. The van der Waals surface area contributed by atoms with E-state index in [4.69, 9.17) is 25.6 Å². The number of hydrazone groups is 1. The zero-order valence-corrected chi connectivity index (χ0v) is 17.3. The lowest BCUT2D eigenvalue weighted by Crippen LogP contribution is -2.49. The molecule has 0 bridgehead atoms. The third kappa shape index (κ3) is 6.50. The minimum atomic E-state index is -0.913. The largest absolute Gasteiger partial charge is 0.481 e. The van der Waals surface area contributed by atoms with Crippen molar-refractivity contribution in [1.29, 1.82) is 0 Å². The van der Waals surface area contributed by atoms with Gasteiger partial charge in [0, 0.05) is 25.9 Å². The molecular formula is C21H28N4O6. The Morgan fingerprint density at radius 3 is 2.58 bits per heavy atom. The van der Waals surface area contributed by atoms with E-state index in [2.05, 4.69) is 10.3 Å². The van der Waals surface area contributed by atoms with Crippen molar-refractivity contribution < 1.29 is 29.4 Å². The third-order valence-electron chi connectivity index (χ3n) is 5.65. The highest BCUT2D eigenvalue weighted by molar-refractivity contribution is 6.01. The van der Waals surface area contributed by atoms with Crippen molar-refractivity contribution in [1.82, 2.24) is 4.90 Å². The predicted octanol–water partition coefficient (Wildman–Crippen LogP) is 1.27. The molecule has 2 aliphatic heterocycles. The van der Waals surface area contributed by atoms with Gasteiger partial charge in [0.2, 0.25) is 0 Å². The maximum Gasteiger partial charge on any atom is 0.317 e. The SMILES string of the molecule is NN=Cc1ccc(C2=NOC(CC3(OCCC(=O)O)CCN(CC(=O)O)CC3)C2)cc1. The number of carbonyl (C=O) groups is 2. The third-order valence-corrected chi connectivity index (χ3v) is 5.65. The molecular weight excluding hydrogens is 404 g/mol. The fourth-order valence-corrected chi connectivity index (χ4v) is 4.04. The van der Waals surface area contributed by atoms with Gasteiger partial charge in [-0.3, -0.25) is 14.5 Å². The highest BCUT2D eigenvalue weighted by atomic mass is 16.6. The van der Waals surface area contributed by atoms with Gasteiger partial charge in [-0.15, -0.1) is 0 Å². The van der Waals surface area contributed by atoms with E-state index in [0.717, 1.165) is 16.8 Å². The number of rotatable bonds is 10. The van der Waals surface area contributed by atoms with Gasteiger partial charge in [-0.2, -0.15) is 5.10 Å². The van der Waals surface area contributed by atoms with Crippen molar-refractivity contribution in [2.45, 2.75) is 43.8 Å². The summed E-state index contributed by atoms with van der Waals surface area (Å²) in [5.74, 6) is 3.40. The lowest BCUT2D eigenvalue weighted by molar-refractivity contribution is -0.147. The van der Waals surface area contributed by atoms with Crippen molar-refractivity contribution >= 4 is 23.9 Å². The van der Waals surface area contributed by atoms with Gasteiger partial charge in [0.1, 0.15) is 6.10 Å². The van der Waals surface area contributed by atoms with Gasteiger partial charge in [0.05, 0.1) is 37.1 Å². The van der Waals surface area contributed by atoms with Gasteiger partial charge >= 0.3 is 11.9 Å². The van der Waals surface area contributed by atoms with Crippen LogP contribution in [0.3, 0.4) is 0 Å². The van der Waals surface area contributed by atoms with Crippen LogP contribution in [0.4, 0.5) is 0 Å². The molecule has 4 N–H and O–H groups in total. The normalized spacial score (nSPS) is 21.0. The molecule has 0 aliphatic carbocycles. The smallest absolute Gasteiger partial charge is 0.317 e.